The number of Topliss-reactive ketones (excluding diaryl/α,β-unsaturated/α-hetero) is 1. The van der Waals surface area contributed by atoms with E-state index in [9.17, 15) is 9.59 Å². The fourth-order valence-corrected chi connectivity index (χ4v) is 4.08. The molecule has 2 aromatic carbocycles. The van der Waals surface area contributed by atoms with E-state index in [4.69, 9.17) is 9.47 Å². The second-order valence-corrected chi connectivity index (χ2v) is 7.48. The normalized spacial score (nSPS) is 19.4. The summed E-state index contributed by atoms with van der Waals surface area (Å²) in [5.41, 5.74) is 2.33. The average Bonchev–Trinajstić information content (AvgIpc) is 3.22. The Kier molecular flexibility index (Phi) is 6.54. The summed E-state index contributed by atoms with van der Waals surface area (Å²) in [6, 6.07) is 12.9. The van der Waals surface area contributed by atoms with Gasteiger partial charge in [-0.1, -0.05) is 12.1 Å². The minimum Gasteiger partial charge on any atom is -0.497 e. The van der Waals surface area contributed by atoms with Crippen LogP contribution in [0.1, 0.15) is 48.7 Å². The van der Waals surface area contributed by atoms with Crippen molar-refractivity contribution in [1.82, 2.24) is 0 Å². The molecule has 1 fully saturated rings. The monoisotopic (exact) mass is 397 g/mol. The molecular weight excluding hydrogens is 368 g/mol. The summed E-state index contributed by atoms with van der Waals surface area (Å²) in [6.07, 6.45) is 2.04. The van der Waals surface area contributed by atoms with Crippen LogP contribution in [0, 0.1) is 0 Å². The number of amides is 1. The third-order valence-electron chi connectivity index (χ3n) is 5.71. The van der Waals surface area contributed by atoms with E-state index in [1.165, 1.54) is 11.8 Å². The number of methoxy groups -OCH3 is 2. The fourth-order valence-electron chi connectivity index (χ4n) is 4.08. The summed E-state index contributed by atoms with van der Waals surface area (Å²) < 4.78 is 10.9. The number of carbonyl (C=O) groups excluding carboxylic acids is 2. The van der Waals surface area contributed by atoms with Crippen LogP contribution in [-0.4, -0.2) is 38.5 Å². The van der Waals surface area contributed by atoms with Crippen LogP contribution in [0.3, 0.4) is 0 Å². The first-order valence-corrected chi connectivity index (χ1v) is 9.94. The summed E-state index contributed by atoms with van der Waals surface area (Å²) in [5.74, 6) is 1.46. The molecule has 0 aliphatic carbocycles. The molecule has 1 aliphatic rings. The largest absolute Gasteiger partial charge is 0.497 e. The summed E-state index contributed by atoms with van der Waals surface area (Å²) in [4.78, 5) is 25.8. The molecule has 3 rings (SSSR count). The SMILES string of the molecule is COc1ccc([C@H]2CCC[NH+]2[C@H](C)C(=O)Nc2cccc(C(C)=O)c2)c(OC)c1. The Balaban J connectivity index is 1.78. The van der Waals surface area contributed by atoms with Gasteiger partial charge in [-0.05, 0) is 38.1 Å². The van der Waals surface area contributed by atoms with Gasteiger partial charge in [0.15, 0.2) is 11.8 Å². The van der Waals surface area contributed by atoms with E-state index in [1.54, 1.807) is 38.5 Å². The van der Waals surface area contributed by atoms with Gasteiger partial charge in [-0.15, -0.1) is 0 Å². The van der Waals surface area contributed by atoms with Gasteiger partial charge in [0, 0.05) is 30.2 Å². The number of benzene rings is 2. The van der Waals surface area contributed by atoms with Gasteiger partial charge in [-0.3, -0.25) is 9.59 Å². The Bertz CT molecular complexity index is 896. The first kappa shape index (κ1) is 20.9. The van der Waals surface area contributed by atoms with Gasteiger partial charge in [0.2, 0.25) is 0 Å². The maximum absolute atomic E-state index is 12.9. The van der Waals surface area contributed by atoms with Crippen molar-refractivity contribution >= 4 is 17.4 Å². The van der Waals surface area contributed by atoms with Crippen LogP contribution < -0.4 is 19.7 Å². The van der Waals surface area contributed by atoms with Crippen molar-refractivity contribution in [2.75, 3.05) is 26.1 Å². The molecular formula is C23H29N2O4+. The summed E-state index contributed by atoms with van der Waals surface area (Å²) >= 11 is 0. The quantitative estimate of drug-likeness (QED) is 0.705. The topological polar surface area (TPSA) is 69.1 Å². The zero-order valence-electron chi connectivity index (χ0n) is 17.5. The number of quaternary nitrogens is 1. The average molecular weight is 397 g/mol. The number of likely N-dealkylation sites (tertiary alicyclic amines) is 1. The minimum atomic E-state index is -0.240. The summed E-state index contributed by atoms with van der Waals surface area (Å²) in [6.45, 7) is 4.39. The Morgan fingerprint density at radius 2 is 1.93 bits per heavy atom. The first-order valence-electron chi connectivity index (χ1n) is 9.94. The van der Waals surface area contributed by atoms with E-state index in [0.717, 1.165) is 36.4 Å². The molecule has 0 spiro atoms. The maximum Gasteiger partial charge on any atom is 0.282 e. The van der Waals surface area contributed by atoms with E-state index in [1.807, 2.05) is 25.1 Å². The second-order valence-electron chi connectivity index (χ2n) is 7.48. The van der Waals surface area contributed by atoms with E-state index in [2.05, 4.69) is 5.32 Å². The third kappa shape index (κ3) is 4.59. The van der Waals surface area contributed by atoms with Crippen LogP contribution in [0.5, 0.6) is 11.5 Å². The van der Waals surface area contributed by atoms with Crippen LogP contribution in [-0.2, 0) is 4.79 Å². The summed E-state index contributed by atoms with van der Waals surface area (Å²) in [7, 11) is 3.29. The zero-order chi connectivity index (χ0) is 21.0. The molecule has 1 heterocycles. The van der Waals surface area contributed by atoms with E-state index >= 15 is 0 Å². The number of carbonyl (C=O) groups is 2. The smallest absolute Gasteiger partial charge is 0.282 e. The number of nitrogens with one attached hydrogen (secondary N) is 2. The Morgan fingerprint density at radius 1 is 1.14 bits per heavy atom. The Morgan fingerprint density at radius 3 is 2.62 bits per heavy atom. The molecule has 6 nitrogen and oxygen atoms in total. The van der Waals surface area contributed by atoms with Crippen molar-refractivity contribution < 1.29 is 24.0 Å². The Hall–Kier alpha value is -2.86. The highest BCUT2D eigenvalue weighted by atomic mass is 16.5. The number of ketones is 1. The number of hydrogen-bond acceptors (Lipinski definition) is 4. The Labute approximate surface area is 171 Å². The lowest BCUT2D eigenvalue weighted by Crippen LogP contribution is -3.15. The van der Waals surface area contributed by atoms with Crippen LogP contribution in [0.2, 0.25) is 0 Å². The minimum absolute atomic E-state index is 0.0222. The number of anilines is 1. The number of rotatable bonds is 7. The predicted molar refractivity (Wildman–Crippen MR) is 112 cm³/mol. The summed E-state index contributed by atoms with van der Waals surface area (Å²) in [5, 5.41) is 2.97. The van der Waals surface area contributed by atoms with Crippen molar-refractivity contribution in [2.45, 2.75) is 38.8 Å². The van der Waals surface area contributed by atoms with E-state index in [-0.39, 0.29) is 23.8 Å². The third-order valence-corrected chi connectivity index (χ3v) is 5.71. The molecule has 2 N–H and O–H groups in total. The van der Waals surface area contributed by atoms with Gasteiger partial charge in [0.25, 0.3) is 5.91 Å². The van der Waals surface area contributed by atoms with Gasteiger partial charge in [0.1, 0.15) is 17.5 Å². The van der Waals surface area contributed by atoms with E-state index in [0.29, 0.717) is 11.3 Å². The van der Waals surface area contributed by atoms with Crippen LogP contribution in [0.15, 0.2) is 42.5 Å². The van der Waals surface area contributed by atoms with Gasteiger partial charge in [-0.2, -0.15) is 0 Å². The van der Waals surface area contributed by atoms with Crippen LogP contribution >= 0.6 is 0 Å². The van der Waals surface area contributed by atoms with Crippen LogP contribution in [0.4, 0.5) is 5.69 Å². The second kappa shape index (κ2) is 9.09. The van der Waals surface area contributed by atoms with Crippen molar-refractivity contribution in [3.63, 3.8) is 0 Å². The predicted octanol–water partition coefficient (Wildman–Crippen LogP) is 2.65. The molecule has 2 aromatic rings. The molecule has 3 atom stereocenters. The van der Waals surface area contributed by atoms with Gasteiger partial charge in [-0.25, -0.2) is 0 Å². The number of ether oxygens (including phenoxy) is 2. The molecule has 0 radical (unpaired) electrons. The van der Waals surface area contributed by atoms with Crippen molar-refractivity contribution in [3.05, 3.63) is 53.6 Å². The van der Waals surface area contributed by atoms with Crippen molar-refractivity contribution in [1.29, 1.82) is 0 Å². The lowest BCUT2D eigenvalue weighted by molar-refractivity contribution is -0.932. The van der Waals surface area contributed by atoms with Gasteiger partial charge >= 0.3 is 0 Å². The lowest BCUT2D eigenvalue weighted by atomic mass is 10.0. The lowest BCUT2D eigenvalue weighted by Gasteiger charge is -2.28. The standard InChI is InChI=1S/C23H28N2O4/c1-15(23(27)24-18-8-5-7-17(13-18)16(2)26)25-12-6-9-21(25)20-11-10-19(28-3)14-22(20)29-4/h5,7-8,10-11,13-15,21H,6,9,12H2,1-4H3,(H,24,27)/p+1/t15-,21-/m1/s1. The fraction of sp³-hybridized carbons (Fsp3) is 0.391. The molecule has 1 amide bonds. The molecule has 154 valence electrons. The molecule has 0 aromatic heterocycles. The molecule has 1 saturated heterocycles. The number of hydrogen-bond donors (Lipinski definition) is 2. The molecule has 1 unspecified atom stereocenters. The molecule has 6 heteroatoms. The highest BCUT2D eigenvalue weighted by Gasteiger charge is 2.38. The van der Waals surface area contributed by atoms with E-state index < -0.39 is 0 Å². The van der Waals surface area contributed by atoms with Gasteiger partial charge < -0.3 is 19.7 Å². The first-order chi connectivity index (χ1) is 13.9. The highest BCUT2D eigenvalue weighted by Crippen LogP contribution is 2.32. The molecule has 29 heavy (non-hydrogen) atoms. The molecule has 0 saturated carbocycles. The molecule has 0 bridgehead atoms. The van der Waals surface area contributed by atoms with Gasteiger partial charge in [0.05, 0.1) is 26.3 Å². The molecule has 1 aliphatic heterocycles. The zero-order valence-corrected chi connectivity index (χ0v) is 17.5. The highest BCUT2D eigenvalue weighted by molar-refractivity contribution is 5.98. The van der Waals surface area contributed by atoms with Crippen LogP contribution in [0.25, 0.3) is 0 Å². The van der Waals surface area contributed by atoms with Crippen molar-refractivity contribution in [3.8, 4) is 11.5 Å². The van der Waals surface area contributed by atoms with Crippen molar-refractivity contribution in [2.24, 2.45) is 0 Å². The maximum atomic E-state index is 12.9.